The van der Waals surface area contributed by atoms with Crippen LogP contribution < -0.4 is 11.1 Å². The molecule has 0 unspecified atom stereocenters. The third kappa shape index (κ3) is 3.83. The number of nitrogens with two attached hydrogens (primary N) is 1. The molecule has 4 heteroatoms. The molecule has 19 heavy (non-hydrogen) atoms. The van der Waals surface area contributed by atoms with Crippen LogP contribution in [0.15, 0.2) is 46.9 Å². The molecule has 98 valence electrons. The topological polar surface area (TPSA) is 55.1 Å². The number of halogens is 1. The zero-order valence-electron chi connectivity index (χ0n) is 10.6. The fraction of sp³-hybridized carbons (Fsp3) is 0.133. The van der Waals surface area contributed by atoms with Gasteiger partial charge < -0.3 is 11.1 Å². The molecular weight excluding hydrogens is 304 g/mol. The summed E-state index contributed by atoms with van der Waals surface area (Å²) >= 11 is 3.40. The fourth-order valence-corrected chi connectivity index (χ4v) is 2.32. The molecule has 0 spiro atoms. The first kappa shape index (κ1) is 13.6. The standard InChI is InChI=1S/C15H15BrN2O/c1-10-5-12(8-14(17)6-10)15(19)18-9-11-3-2-4-13(16)7-11/h2-8H,9,17H2,1H3,(H,18,19). The lowest BCUT2D eigenvalue weighted by molar-refractivity contribution is 0.0951. The summed E-state index contributed by atoms with van der Waals surface area (Å²) < 4.78 is 0.999. The highest BCUT2D eigenvalue weighted by atomic mass is 79.9. The summed E-state index contributed by atoms with van der Waals surface area (Å²) in [5.74, 6) is -0.115. The van der Waals surface area contributed by atoms with E-state index in [0.717, 1.165) is 15.6 Å². The highest BCUT2D eigenvalue weighted by molar-refractivity contribution is 9.10. The van der Waals surface area contributed by atoms with Gasteiger partial charge in [-0.1, -0.05) is 28.1 Å². The van der Waals surface area contributed by atoms with Gasteiger partial charge in [-0.3, -0.25) is 4.79 Å². The van der Waals surface area contributed by atoms with Crippen LogP contribution in [-0.4, -0.2) is 5.91 Å². The monoisotopic (exact) mass is 318 g/mol. The number of nitrogens with one attached hydrogen (secondary N) is 1. The molecule has 1 amide bonds. The molecule has 3 nitrogen and oxygen atoms in total. The fourth-order valence-electron chi connectivity index (χ4n) is 1.88. The second-order valence-corrected chi connectivity index (χ2v) is 5.36. The van der Waals surface area contributed by atoms with Crippen LogP contribution in [0, 0.1) is 6.92 Å². The van der Waals surface area contributed by atoms with Crippen molar-refractivity contribution in [2.45, 2.75) is 13.5 Å². The van der Waals surface area contributed by atoms with Crippen molar-refractivity contribution >= 4 is 27.5 Å². The zero-order chi connectivity index (χ0) is 13.8. The summed E-state index contributed by atoms with van der Waals surface area (Å²) in [5, 5.41) is 2.88. The van der Waals surface area contributed by atoms with Crippen molar-refractivity contribution in [3.8, 4) is 0 Å². The van der Waals surface area contributed by atoms with Crippen LogP contribution in [0.3, 0.4) is 0 Å². The molecule has 0 saturated carbocycles. The van der Waals surface area contributed by atoms with Gasteiger partial charge >= 0.3 is 0 Å². The van der Waals surface area contributed by atoms with Gasteiger partial charge in [-0.15, -0.1) is 0 Å². The molecule has 0 atom stereocenters. The minimum atomic E-state index is -0.115. The number of carbonyl (C=O) groups excluding carboxylic acids is 1. The second kappa shape index (κ2) is 5.89. The largest absolute Gasteiger partial charge is 0.399 e. The number of amides is 1. The Hall–Kier alpha value is -1.81. The molecule has 0 saturated heterocycles. The van der Waals surface area contributed by atoms with Gasteiger partial charge in [0.2, 0.25) is 0 Å². The third-order valence-corrected chi connectivity index (χ3v) is 3.20. The Balaban J connectivity index is 2.05. The molecule has 0 bridgehead atoms. The Labute approximate surface area is 121 Å². The van der Waals surface area contributed by atoms with Crippen LogP contribution in [0.5, 0.6) is 0 Å². The quantitative estimate of drug-likeness (QED) is 0.853. The molecule has 2 aromatic carbocycles. The Bertz CT molecular complexity index is 591. The van der Waals surface area contributed by atoms with E-state index in [1.54, 1.807) is 6.07 Å². The van der Waals surface area contributed by atoms with Gasteiger partial charge in [-0.25, -0.2) is 0 Å². The second-order valence-electron chi connectivity index (χ2n) is 4.44. The SMILES string of the molecule is Cc1cc(N)cc(C(=O)NCc2cccc(Br)c2)c1. The van der Waals surface area contributed by atoms with Crippen LogP contribution in [0.2, 0.25) is 0 Å². The van der Waals surface area contributed by atoms with Crippen molar-refractivity contribution < 1.29 is 4.79 Å². The Morgan fingerprint density at radius 2 is 2.05 bits per heavy atom. The predicted molar refractivity (Wildman–Crippen MR) is 80.9 cm³/mol. The van der Waals surface area contributed by atoms with Crippen LogP contribution in [0.4, 0.5) is 5.69 Å². The first-order valence-corrected chi connectivity index (χ1v) is 6.74. The molecule has 0 aliphatic heterocycles. The van der Waals surface area contributed by atoms with Gasteiger partial charge in [0, 0.05) is 22.3 Å². The van der Waals surface area contributed by atoms with Crippen LogP contribution in [0.25, 0.3) is 0 Å². The third-order valence-electron chi connectivity index (χ3n) is 2.70. The minimum absolute atomic E-state index is 0.115. The molecule has 0 aromatic heterocycles. The van der Waals surface area contributed by atoms with Gasteiger partial charge in [0.1, 0.15) is 0 Å². The van der Waals surface area contributed by atoms with Crippen molar-refractivity contribution in [1.29, 1.82) is 0 Å². The molecular formula is C15H15BrN2O. The number of benzene rings is 2. The molecule has 3 N–H and O–H groups in total. The molecule has 2 rings (SSSR count). The first-order chi connectivity index (χ1) is 9.04. The van der Waals surface area contributed by atoms with E-state index in [0.29, 0.717) is 17.8 Å². The van der Waals surface area contributed by atoms with Crippen molar-refractivity contribution in [3.05, 3.63) is 63.6 Å². The number of hydrogen-bond acceptors (Lipinski definition) is 2. The van der Waals surface area contributed by atoms with Crippen LogP contribution in [-0.2, 0) is 6.54 Å². The number of aryl methyl sites for hydroxylation is 1. The lowest BCUT2D eigenvalue weighted by atomic mass is 10.1. The van der Waals surface area contributed by atoms with E-state index < -0.39 is 0 Å². The van der Waals surface area contributed by atoms with E-state index in [2.05, 4.69) is 21.2 Å². The van der Waals surface area contributed by atoms with Crippen molar-refractivity contribution in [2.24, 2.45) is 0 Å². The molecule has 0 aliphatic rings. The summed E-state index contributed by atoms with van der Waals surface area (Å²) in [5.41, 5.74) is 8.96. The number of carbonyl (C=O) groups is 1. The van der Waals surface area contributed by atoms with Crippen LogP contribution in [0.1, 0.15) is 21.5 Å². The van der Waals surface area contributed by atoms with Crippen molar-refractivity contribution in [1.82, 2.24) is 5.32 Å². The average molecular weight is 319 g/mol. The van der Waals surface area contributed by atoms with Gasteiger partial charge in [0.15, 0.2) is 0 Å². The highest BCUT2D eigenvalue weighted by Crippen LogP contribution is 2.13. The number of anilines is 1. The van der Waals surface area contributed by atoms with Crippen LogP contribution >= 0.6 is 15.9 Å². The van der Waals surface area contributed by atoms with E-state index in [4.69, 9.17) is 5.73 Å². The highest BCUT2D eigenvalue weighted by Gasteiger charge is 2.06. The maximum absolute atomic E-state index is 12.0. The minimum Gasteiger partial charge on any atom is -0.399 e. The smallest absolute Gasteiger partial charge is 0.251 e. The number of rotatable bonds is 3. The van der Waals surface area contributed by atoms with E-state index in [1.807, 2.05) is 43.3 Å². The Kier molecular flexibility index (Phi) is 4.22. The first-order valence-electron chi connectivity index (χ1n) is 5.94. The average Bonchev–Trinajstić information content (AvgIpc) is 2.35. The van der Waals surface area contributed by atoms with E-state index in [1.165, 1.54) is 0 Å². The zero-order valence-corrected chi connectivity index (χ0v) is 12.2. The lowest BCUT2D eigenvalue weighted by Crippen LogP contribution is -2.23. The van der Waals surface area contributed by atoms with E-state index in [9.17, 15) is 4.79 Å². The van der Waals surface area contributed by atoms with E-state index >= 15 is 0 Å². The summed E-state index contributed by atoms with van der Waals surface area (Å²) in [4.78, 5) is 12.0. The summed E-state index contributed by atoms with van der Waals surface area (Å²) in [6.45, 7) is 2.41. The number of nitrogen functional groups attached to an aromatic ring is 1. The summed E-state index contributed by atoms with van der Waals surface area (Å²) in [7, 11) is 0. The summed E-state index contributed by atoms with van der Waals surface area (Å²) in [6.07, 6.45) is 0. The maximum Gasteiger partial charge on any atom is 0.251 e. The maximum atomic E-state index is 12.0. The molecule has 0 fully saturated rings. The Morgan fingerprint density at radius 3 is 2.74 bits per heavy atom. The predicted octanol–water partition coefficient (Wildman–Crippen LogP) is 3.27. The van der Waals surface area contributed by atoms with Crippen molar-refractivity contribution in [3.63, 3.8) is 0 Å². The molecule has 0 radical (unpaired) electrons. The Morgan fingerprint density at radius 1 is 1.26 bits per heavy atom. The lowest BCUT2D eigenvalue weighted by Gasteiger charge is -2.07. The van der Waals surface area contributed by atoms with Gasteiger partial charge in [-0.2, -0.15) is 0 Å². The normalized spacial score (nSPS) is 10.2. The summed E-state index contributed by atoms with van der Waals surface area (Å²) in [6, 6.07) is 13.2. The van der Waals surface area contributed by atoms with Gasteiger partial charge in [0.25, 0.3) is 5.91 Å². The molecule has 0 aliphatic carbocycles. The van der Waals surface area contributed by atoms with Gasteiger partial charge in [0.05, 0.1) is 0 Å². The van der Waals surface area contributed by atoms with Gasteiger partial charge in [-0.05, 0) is 48.4 Å². The molecule has 0 heterocycles. The van der Waals surface area contributed by atoms with E-state index in [-0.39, 0.29) is 5.91 Å². The number of hydrogen-bond donors (Lipinski definition) is 2. The van der Waals surface area contributed by atoms with Crippen molar-refractivity contribution in [2.75, 3.05) is 5.73 Å². The molecule has 2 aromatic rings.